The lowest BCUT2D eigenvalue weighted by Gasteiger charge is -2.21. The highest BCUT2D eigenvalue weighted by atomic mass is 16.5. The Morgan fingerprint density at radius 1 is 1.09 bits per heavy atom. The molecule has 8 nitrogen and oxygen atoms in total. The van der Waals surface area contributed by atoms with Crippen molar-refractivity contribution in [2.45, 2.75) is 40.2 Å². The van der Waals surface area contributed by atoms with Gasteiger partial charge in [0.15, 0.2) is 5.69 Å². The average molecular weight is 478 g/mol. The summed E-state index contributed by atoms with van der Waals surface area (Å²) in [6.45, 7) is 7.96. The summed E-state index contributed by atoms with van der Waals surface area (Å²) in [6, 6.07) is 11.9. The molecule has 35 heavy (non-hydrogen) atoms. The first-order valence-corrected chi connectivity index (χ1v) is 11.4. The van der Waals surface area contributed by atoms with Crippen molar-refractivity contribution in [1.82, 2.24) is 9.88 Å². The number of pyridine rings is 1. The third-order valence-electron chi connectivity index (χ3n) is 5.74. The van der Waals surface area contributed by atoms with Crippen LogP contribution in [-0.2, 0) is 16.6 Å². The number of ether oxygens (including phenoxy) is 1. The van der Waals surface area contributed by atoms with Crippen molar-refractivity contribution in [1.29, 1.82) is 0 Å². The van der Waals surface area contributed by atoms with Gasteiger partial charge in [-0.15, -0.1) is 0 Å². The molecule has 0 saturated heterocycles. The van der Waals surface area contributed by atoms with Crippen LogP contribution in [0.1, 0.15) is 41.6 Å². The summed E-state index contributed by atoms with van der Waals surface area (Å²) in [4.78, 5) is 37.6. The van der Waals surface area contributed by atoms with Gasteiger partial charge in [-0.25, -0.2) is 4.79 Å². The summed E-state index contributed by atoms with van der Waals surface area (Å²) in [7, 11) is 1.51. The van der Waals surface area contributed by atoms with E-state index in [1.54, 1.807) is 6.92 Å². The number of benzene rings is 2. The van der Waals surface area contributed by atoms with Gasteiger partial charge >= 0.3 is 12.0 Å². The van der Waals surface area contributed by atoms with E-state index < -0.39 is 23.6 Å². The molecule has 0 radical (unpaired) electrons. The van der Waals surface area contributed by atoms with Crippen LogP contribution in [0.3, 0.4) is 0 Å². The van der Waals surface area contributed by atoms with Gasteiger partial charge in [-0.1, -0.05) is 35.9 Å². The number of esters is 1. The molecule has 1 heterocycles. The first-order valence-electron chi connectivity index (χ1n) is 11.4. The lowest BCUT2D eigenvalue weighted by molar-refractivity contribution is -0.143. The molecule has 3 aromatic rings. The second-order valence-electron chi connectivity index (χ2n) is 8.55. The quantitative estimate of drug-likeness (QED) is 0.434. The predicted molar refractivity (Wildman–Crippen MR) is 136 cm³/mol. The standard InChI is InChI=1S/C27H31N3O5/c1-6-35-23(32)15-21(28-27(34)29-25-22(31)10-11-30(5)26(25)33)19-12-16(2)13-20(14-19)24-17(3)8-7-9-18(24)4/h7-14,21,31H,6,15H2,1-5H3,(H2,28,29,34)/t21-/m0/s1. The molecule has 0 bridgehead atoms. The number of rotatable bonds is 7. The van der Waals surface area contributed by atoms with Crippen molar-refractivity contribution in [2.75, 3.05) is 11.9 Å². The normalized spacial score (nSPS) is 11.6. The Kier molecular flexibility index (Phi) is 7.96. The van der Waals surface area contributed by atoms with Crippen LogP contribution in [0.15, 0.2) is 53.5 Å². The van der Waals surface area contributed by atoms with E-state index in [0.717, 1.165) is 33.4 Å². The van der Waals surface area contributed by atoms with Crippen LogP contribution in [0.25, 0.3) is 11.1 Å². The van der Waals surface area contributed by atoms with Gasteiger partial charge in [0.1, 0.15) is 5.75 Å². The first-order chi connectivity index (χ1) is 16.6. The van der Waals surface area contributed by atoms with Crippen molar-refractivity contribution in [3.63, 3.8) is 0 Å². The Bertz CT molecular complexity index is 1290. The molecule has 0 unspecified atom stereocenters. The van der Waals surface area contributed by atoms with Gasteiger partial charge in [-0.05, 0) is 67.6 Å². The number of carbonyl (C=O) groups excluding carboxylic acids is 2. The maximum atomic E-state index is 12.9. The number of anilines is 1. The molecule has 0 saturated carbocycles. The number of urea groups is 1. The zero-order valence-electron chi connectivity index (χ0n) is 20.6. The minimum Gasteiger partial charge on any atom is -0.505 e. The number of hydrogen-bond donors (Lipinski definition) is 3. The molecule has 0 aliphatic carbocycles. The highest BCUT2D eigenvalue weighted by molar-refractivity contribution is 5.91. The van der Waals surface area contributed by atoms with Gasteiger partial charge in [-0.2, -0.15) is 0 Å². The van der Waals surface area contributed by atoms with Gasteiger partial charge in [0.25, 0.3) is 5.56 Å². The van der Waals surface area contributed by atoms with Gasteiger partial charge < -0.3 is 25.0 Å². The van der Waals surface area contributed by atoms with Crippen molar-refractivity contribution in [3.8, 4) is 16.9 Å². The van der Waals surface area contributed by atoms with Gasteiger partial charge in [0.05, 0.1) is 19.1 Å². The van der Waals surface area contributed by atoms with Crippen LogP contribution in [0.5, 0.6) is 5.75 Å². The molecular formula is C27H31N3O5. The molecule has 2 amide bonds. The number of nitrogens with one attached hydrogen (secondary N) is 2. The summed E-state index contributed by atoms with van der Waals surface area (Å²) in [5, 5.41) is 15.2. The second kappa shape index (κ2) is 10.9. The minimum atomic E-state index is -0.730. The molecule has 0 fully saturated rings. The summed E-state index contributed by atoms with van der Waals surface area (Å²) in [6.07, 6.45) is 1.29. The molecule has 0 aliphatic heterocycles. The summed E-state index contributed by atoms with van der Waals surface area (Å²) in [5.74, 6) is -0.815. The summed E-state index contributed by atoms with van der Waals surface area (Å²) < 4.78 is 6.37. The van der Waals surface area contributed by atoms with Crippen LogP contribution < -0.4 is 16.2 Å². The fourth-order valence-electron chi connectivity index (χ4n) is 4.11. The number of nitrogens with zero attached hydrogens (tertiary/aromatic N) is 1. The van der Waals surface area contributed by atoms with Gasteiger partial charge in [0.2, 0.25) is 0 Å². The van der Waals surface area contributed by atoms with Gasteiger partial charge in [-0.3, -0.25) is 9.59 Å². The lowest BCUT2D eigenvalue weighted by atomic mass is 9.91. The first kappa shape index (κ1) is 25.6. The lowest BCUT2D eigenvalue weighted by Crippen LogP contribution is -2.36. The molecule has 3 rings (SSSR count). The Morgan fingerprint density at radius 2 is 1.77 bits per heavy atom. The Labute approximate surface area is 204 Å². The van der Waals surface area contributed by atoms with Crippen molar-refractivity contribution in [3.05, 3.63) is 81.3 Å². The molecule has 3 N–H and O–H groups in total. The van der Waals surface area contributed by atoms with Crippen LogP contribution in [0.4, 0.5) is 10.5 Å². The smallest absolute Gasteiger partial charge is 0.319 e. The molecule has 1 aromatic heterocycles. The van der Waals surface area contributed by atoms with Crippen LogP contribution >= 0.6 is 0 Å². The second-order valence-corrected chi connectivity index (χ2v) is 8.55. The highest BCUT2D eigenvalue weighted by Gasteiger charge is 2.22. The number of hydrogen-bond acceptors (Lipinski definition) is 5. The van der Waals surface area contributed by atoms with Crippen molar-refractivity contribution in [2.24, 2.45) is 7.05 Å². The summed E-state index contributed by atoms with van der Waals surface area (Å²) in [5.41, 5.74) is 5.17. The number of carbonyl (C=O) groups is 2. The van der Waals surface area contributed by atoms with E-state index in [4.69, 9.17) is 4.74 Å². The van der Waals surface area contributed by atoms with Crippen molar-refractivity contribution >= 4 is 17.7 Å². The monoisotopic (exact) mass is 477 g/mol. The van der Waals surface area contributed by atoms with E-state index in [2.05, 4.69) is 16.7 Å². The van der Waals surface area contributed by atoms with Gasteiger partial charge in [0, 0.05) is 13.2 Å². The van der Waals surface area contributed by atoms with Crippen LogP contribution in [0.2, 0.25) is 0 Å². The topological polar surface area (TPSA) is 110 Å². The number of aromatic hydroxyl groups is 1. The number of amides is 2. The van der Waals surface area contributed by atoms with E-state index in [9.17, 15) is 19.5 Å². The molecular weight excluding hydrogens is 446 g/mol. The molecule has 0 spiro atoms. The maximum absolute atomic E-state index is 12.9. The van der Waals surface area contributed by atoms with E-state index in [0.29, 0.717) is 0 Å². The molecule has 0 aliphatic rings. The van der Waals surface area contributed by atoms with E-state index in [1.165, 1.54) is 23.9 Å². The van der Waals surface area contributed by atoms with E-state index in [-0.39, 0.29) is 24.5 Å². The zero-order valence-corrected chi connectivity index (χ0v) is 20.6. The largest absolute Gasteiger partial charge is 0.505 e. The number of aromatic nitrogens is 1. The van der Waals surface area contributed by atoms with E-state index in [1.807, 2.05) is 51.1 Å². The Balaban J connectivity index is 1.98. The maximum Gasteiger partial charge on any atom is 0.319 e. The summed E-state index contributed by atoms with van der Waals surface area (Å²) >= 11 is 0. The average Bonchev–Trinajstić information content (AvgIpc) is 2.78. The Morgan fingerprint density at radius 3 is 2.43 bits per heavy atom. The van der Waals surface area contributed by atoms with Crippen LogP contribution in [0, 0.1) is 20.8 Å². The molecule has 2 aromatic carbocycles. The minimum absolute atomic E-state index is 0.101. The molecule has 8 heteroatoms. The molecule has 184 valence electrons. The SMILES string of the molecule is CCOC(=O)C[C@H](NC(=O)Nc1c(O)ccn(C)c1=O)c1cc(C)cc(-c2c(C)cccc2C)c1. The third-order valence-corrected chi connectivity index (χ3v) is 5.74. The van der Waals surface area contributed by atoms with E-state index >= 15 is 0 Å². The fraction of sp³-hybridized carbons (Fsp3) is 0.296. The Hall–Kier alpha value is -4.07. The zero-order chi connectivity index (χ0) is 25.7. The van der Waals surface area contributed by atoms with Crippen molar-refractivity contribution < 1.29 is 19.4 Å². The number of aryl methyl sites for hydroxylation is 4. The predicted octanol–water partition coefficient (Wildman–Crippen LogP) is 4.50. The molecule has 1 atom stereocenters. The van der Waals surface area contributed by atoms with Crippen LogP contribution in [-0.4, -0.2) is 28.3 Å². The highest BCUT2D eigenvalue weighted by Crippen LogP contribution is 2.31. The third kappa shape index (κ3) is 6.09. The fourth-order valence-corrected chi connectivity index (χ4v) is 4.11.